The standard InChI is InChI=1S/C25H31FN4O3S/c1-17(19-3-5-20(26)6-4-19)27-25(32)15-30-11-9-29(10-12-30)14-21(31)16-33-22-7-8-24-23(13-22)28-18(2)34-24/h3-8,13,17,21,31H,9-12,14-16H2,1-2H3,(H,27,32)/t17-,21?/m0/s1. The van der Waals surface area contributed by atoms with Crippen LogP contribution in [0.1, 0.15) is 23.5 Å². The van der Waals surface area contributed by atoms with Gasteiger partial charge in [-0.1, -0.05) is 12.1 Å². The molecule has 1 aliphatic heterocycles. The lowest BCUT2D eigenvalue weighted by molar-refractivity contribution is -0.123. The number of carbonyl (C=O) groups is 1. The third-order valence-corrected chi connectivity index (χ3v) is 6.91. The Hall–Kier alpha value is -2.59. The lowest BCUT2D eigenvalue weighted by atomic mass is 10.1. The van der Waals surface area contributed by atoms with E-state index < -0.39 is 6.10 Å². The number of rotatable bonds is 9. The molecule has 2 heterocycles. The van der Waals surface area contributed by atoms with Crippen LogP contribution < -0.4 is 10.1 Å². The van der Waals surface area contributed by atoms with Crippen molar-refractivity contribution in [2.45, 2.75) is 26.0 Å². The van der Waals surface area contributed by atoms with Crippen molar-refractivity contribution in [1.29, 1.82) is 0 Å². The monoisotopic (exact) mass is 486 g/mol. The number of thiazole rings is 1. The molecule has 1 saturated heterocycles. The minimum Gasteiger partial charge on any atom is -0.491 e. The molecule has 0 aliphatic carbocycles. The third kappa shape index (κ3) is 6.73. The SMILES string of the molecule is Cc1nc2cc(OCC(O)CN3CCN(CC(=O)N[C@@H](C)c4ccc(F)cc4)CC3)ccc2s1. The van der Waals surface area contributed by atoms with Crippen LogP contribution in [0.25, 0.3) is 10.2 Å². The molecule has 0 radical (unpaired) electrons. The molecule has 2 atom stereocenters. The molecule has 1 amide bonds. The molecule has 2 N–H and O–H groups in total. The van der Waals surface area contributed by atoms with Gasteiger partial charge in [0.1, 0.15) is 24.3 Å². The first-order chi connectivity index (χ1) is 16.4. The molecule has 34 heavy (non-hydrogen) atoms. The molecule has 3 aromatic rings. The van der Waals surface area contributed by atoms with Crippen molar-refractivity contribution >= 4 is 27.5 Å². The summed E-state index contributed by atoms with van der Waals surface area (Å²) in [5.74, 6) is 0.373. The first-order valence-electron chi connectivity index (χ1n) is 11.5. The molecular formula is C25H31FN4O3S. The van der Waals surface area contributed by atoms with Crippen LogP contribution >= 0.6 is 11.3 Å². The number of amides is 1. The normalized spacial score (nSPS) is 16.9. The van der Waals surface area contributed by atoms with Gasteiger partial charge in [0.05, 0.1) is 27.8 Å². The van der Waals surface area contributed by atoms with Gasteiger partial charge in [-0.3, -0.25) is 14.6 Å². The number of fused-ring (bicyclic) bond motifs is 1. The van der Waals surface area contributed by atoms with E-state index in [0.717, 1.165) is 47.0 Å². The van der Waals surface area contributed by atoms with Crippen molar-refractivity contribution in [3.8, 4) is 5.75 Å². The van der Waals surface area contributed by atoms with Crippen molar-refractivity contribution in [3.05, 3.63) is 58.9 Å². The van der Waals surface area contributed by atoms with Crippen molar-refractivity contribution in [1.82, 2.24) is 20.1 Å². The van der Waals surface area contributed by atoms with E-state index in [4.69, 9.17) is 4.74 Å². The van der Waals surface area contributed by atoms with Gasteiger partial charge in [-0.25, -0.2) is 9.37 Å². The number of piperazine rings is 1. The first kappa shape index (κ1) is 24.5. The number of aliphatic hydroxyl groups is 1. The zero-order valence-corrected chi connectivity index (χ0v) is 20.4. The predicted molar refractivity (Wildman–Crippen MR) is 132 cm³/mol. The average Bonchev–Trinajstić information content (AvgIpc) is 3.18. The Morgan fingerprint density at radius 2 is 1.88 bits per heavy atom. The molecule has 0 saturated carbocycles. The third-order valence-electron chi connectivity index (χ3n) is 5.96. The van der Waals surface area contributed by atoms with Crippen LogP contribution in [0, 0.1) is 12.7 Å². The second-order valence-electron chi connectivity index (χ2n) is 8.74. The van der Waals surface area contributed by atoms with Gasteiger partial charge in [-0.2, -0.15) is 0 Å². The number of carbonyl (C=O) groups excluding carboxylic acids is 1. The number of nitrogens with one attached hydrogen (secondary N) is 1. The van der Waals surface area contributed by atoms with Crippen LogP contribution in [-0.2, 0) is 4.79 Å². The molecule has 0 spiro atoms. The number of aromatic nitrogens is 1. The summed E-state index contributed by atoms with van der Waals surface area (Å²) in [4.78, 5) is 21.2. The van der Waals surface area contributed by atoms with Gasteiger partial charge in [0.25, 0.3) is 0 Å². The zero-order chi connectivity index (χ0) is 24.1. The fraction of sp³-hybridized carbons (Fsp3) is 0.440. The smallest absolute Gasteiger partial charge is 0.234 e. The van der Waals surface area contributed by atoms with Gasteiger partial charge in [-0.15, -0.1) is 11.3 Å². The lowest BCUT2D eigenvalue weighted by Gasteiger charge is -2.35. The van der Waals surface area contributed by atoms with Crippen LogP contribution in [0.15, 0.2) is 42.5 Å². The Balaban J connectivity index is 1.15. The van der Waals surface area contributed by atoms with E-state index in [1.807, 2.05) is 32.0 Å². The number of β-amino-alcohol motifs (C(OH)–C–C–N with tert-alkyl or cyclic N) is 1. The van der Waals surface area contributed by atoms with E-state index in [-0.39, 0.29) is 24.4 Å². The predicted octanol–water partition coefficient (Wildman–Crippen LogP) is 2.98. The molecule has 7 nitrogen and oxygen atoms in total. The summed E-state index contributed by atoms with van der Waals surface area (Å²) in [5.41, 5.74) is 1.79. The summed E-state index contributed by atoms with van der Waals surface area (Å²) in [6.45, 7) is 8.02. The van der Waals surface area contributed by atoms with Crippen LogP contribution in [0.5, 0.6) is 5.75 Å². The Kier molecular flexibility index (Phi) is 8.10. The van der Waals surface area contributed by atoms with Gasteiger partial charge in [0.15, 0.2) is 0 Å². The average molecular weight is 487 g/mol. The number of ether oxygens (including phenoxy) is 1. The summed E-state index contributed by atoms with van der Waals surface area (Å²) >= 11 is 1.65. The van der Waals surface area contributed by atoms with Crippen LogP contribution in [0.4, 0.5) is 4.39 Å². The summed E-state index contributed by atoms with van der Waals surface area (Å²) < 4.78 is 20.0. The highest BCUT2D eigenvalue weighted by atomic mass is 32.1. The van der Waals surface area contributed by atoms with Gasteiger partial charge in [-0.05, 0) is 43.7 Å². The molecule has 9 heteroatoms. The van der Waals surface area contributed by atoms with Gasteiger partial charge in [0.2, 0.25) is 5.91 Å². The maximum absolute atomic E-state index is 13.1. The molecule has 1 aliphatic rings. The molecule has 1 fully saturated rings. The Morgan fingerprint density at radius 1 is 1.18 bits per heavy atom. The number of halogens is 1. The van der Waals surface area contributed by atoms with Crippen LogP contribution in [0.3, 0.4) is 0 Å². The molecule has 182 valence electrons. The Bertz CT molecular complexity index is 1100. The highest BCUT2D eigenvalue weighted by Gasteiger charge is 2.22. The van der Waals surface area contributed by atoms with E-state index >= 15 is 0 Å². The molecule has 4 rings (SSSR count). The number of hydrogen-bond acceptors (Lipinski definition) is 7. The van der Waals surface area contributed by atoms with Crippen LogP contribution in [-0.4, -0.2) is 77.8 Å². The summed E-state index contributed by atoms with van der Waals surface area (Å²) in [6.07, 6.45) is -0.598. The van der Waals surface area contributed by atoms with Crippen molar-refractivity contribution in [3.63, 3.8) is 0 Å². The van der Waals surface area contributed by atoms with E-state index in [1.165, 1.54) is 12.1 Å². The van der Waals surface area contributed by atoms with Crippen molar-refractivity contribution < 1.29 is 19.0 Å². The Morgan fingerprint density at radius 3 is 2.62 bits per heavy atom. The zero-order valence-electron chi connectivity index (χ0n) is 19.5. The second kappa shape index (κ2) is 11.2. The fourth-order valence-electron chi connectivity index (χ4n) is 4.11. The lowest BCUT2D eigenvalue weighted by Crippen LogP contribution is -2.51. The summed E-state index contributed by atoms with van der Waals surface area (Å²) in [7, 11) is 0. The van der Waals surface area contributed by atoms with E-state index in [2.05, 4.69) is 20.1 Å². The summed E-state index contributed by atoms with van der Waals surface area (Å²) in [6, 6.07) is 11.8. The largest absolute Gasteiger partial charge is 0.491 e. The van der Waals surface area contributed by atoms with E-state index in [0.29, 0.717) is 18.8 Å². The number of hydrogen-bond donors (Lipinski definition) is 2. The maximum atomic E-state index is 13.1. The molecule has 2 aromatic carbocycles. The highest BCUT2D eigenvalue weighted by molar-refractivity contribution is 7.18. The first-order valence-corrected chi connectivity index (χ1v) is 12.3. The number of benzene rings is 2. The maximum Gasteiger partial charge on any atom is 0.234 e. The minimum atomic E-state index is -0.598. The van der Waals surface area contributed by atoms with Gasteiger partial charge in [0, 0.05) is 38.8 Å². The van der Waals surface area contributed by atoms with E-state index in [9.17, 15) is 14.3 Å². The van der Waals surface area contributed by atoms with Crippen LogP contribution in [0.2, 0.25) is 0 Å². The minimum absolute atomic E-state index is 0.0500. The van der Waals surface area contributed by atoms with Gasteiger partial charge >= 0.3 is 0 Å². The van der Waals surface area contributed by atoms with Gasteiger partial charge < -0.3 is 15.2 Å². The topological polar surface area (TPSA) is 77.9 Å². The summed E-state index contributed by atoms with van der Waals surface area (Å²) in [5, 5.41) is 14.4. The molecule has 0 bridgehead atoms. The highest BCUT2D eigenvalue weighted by Crippen LogP contribution is 2.25. The number of aryl methyl sites for hydroxylation is 1. The fourth-order valence-corrected chi connectivity index (χ4v) is 4.92. The Labute approximate surface area is 203 Å². The molecule has 1 unspecified atom stereocenters. The molecular weight excluding hydrogens is 455 g/mol. The van der Waals surface area contributed by atoms with Crippen molar-refractivity contribution in [2.24, 2.45) is 0 Å². The van der Waals surface area contributed by atoms with Crippen molar-refractivity contribution in [2.75, 3.05) is 45.9 Å². The molecule has 1 aromatic heterocycles. The van der Waals surface area contributed by atoms with E-state index in [1.54, 1.807) is 23.5 Å². The quantitative estimate of drug-likeness (QED) is 0.484. The number of nitrogens with zero attached hydrogens (tertiary/aromatic N) is 3. The second-order valence-corrected chi connectivity index (χ2v) is 9.98. The number of aliphatic hydroxyl groups excluding tert-OH is 1.